The van der Waals surface area contributed by atoms with E-state index in [0.29, 0.717) is 13.1 Å². The van der Waals surface area contributed by atoms with E-state index in [1.807, 2.05) is 30.3 Å². The minimum Gasteiger partial charge on any atom is -0.395 e. The average molecular weight is 196 g/mol. The topological polar surface area (TPSA) is 55.7 Å². The van der Waals surface area contributed by atoms with Gasteiger partial charge < -0.3 is 15.6 Å². The van der Waals surface area contributed by atoms with Crippen LogP contribution < -0.4 is 5.43 Å². The molecule has 0 atom stereocenters. The summed E-state index contributed by atoms with van der Waals surface area (Å²) in [4.78, 5) is 0. The number of nitrogens with one attached hydrogen (secondary N) is 1. The highest BCUT2D eigenvalue weighted by atomic mass is 16.3. The smallest absolute Gasteiger partial charge is 0.0576 e. The Balaban J connectivity index is 2.46. The third kappa shape index (κ3) is 3.74. The Morgan fingerprint density at radius 1 is 1.00 bits per heavy atom. The maximum absolute atomic E-state index is 8.78. The fourth-order valence-electron chi connectivity index (χ4n) is 1.16. The number of anilines is 1. The highest BCUT2D eigenvalue weighted by Gasteiger charge is 2.01. The molecule has 14 heavy (non-hydrogen) atoms. The van der Waals surface area contributed by atoms with Crippen LogP contribution in [0.25, 0.3) is 0 Å². The number of benzene rings is 1. The molecule has 0 aliphatic carbocycles. The van der Waals surface area contributed by atoms with Crippen LogP contribution in [0.5, 0.6) is 0 Å². The van der Waals surface area contributed by atoms with Gasteiger partial charge in [0.05, 0.1) is 13.2 Å². The summed E-state index contributed by atoms with van der Waals surface area (Å²) >= 11 is 0. The van der Waals surface area contributed by atoms with Crippen molar-refractivity contribution in [2.24, 2.45) is 0 Å². The number of aliphatic hydroxyl groups excluding tert-OH is 2. The van der Waals surface area contributed by atoms with Crippen molar-refractivity contribution in [3.8, 4) is 0 Å². The first kappa shape index (κ1) is 11.0. The Hall–Kier alpha value is -1.10. The zero-order valence-electron chi connectivity index (χ0n) is 8.06. The molecule has 0 aliphatic rings. The van der Waals surface area contributed by atoms with Gasteiger partial charge in [0, 0.05) is 18.8 Å². The molecule has 1 aromatic carbocycles. The second kappa shape index (κ2) is 6.37. The van der Waals surface area contributed by atoms with E-state index in [1.165, 1.54) is 0 Å². The van der Waals surface area contributed by atoms with Gasteiger partial charge in [-0.1, -0.05) is 18.2 Å². The Kier molecular flexibility index (Phi) is 4.99. The second-order valence-electron chi connectivity index (χ2n) is 2.91. The number of hydrogen-bond acceptors (Lipinski definition) is 4. The summed E-state index contributed by atoms with van der Waals surface area (Å²) in [5, 5.41) is 19.3. The van der Waals surface area contributed by atoms with E-state index in [4.69, 9.17) is 10.2 Å². The van der Waals surface area contributed by atoms with Crippen LogP contribution in [0.3, 0.4) is 0 Å². The highest BCUT2D eigenvalue weighted by molar-refractivity contribution is 5.41. The summed E-state index contributed by atoms with van der Waals surface area (Å²) in [6, 6.07) is 9.66. The molecule has 0 aliphatic heterocycles. The average Bonchev–Trinajstić information content (AvgIpc) is 2.20. The van der Waals surface area contributed by atoms with Crippen molar-refractivity contribution >= 4 is 5.69 Å². The lowest BCUT2D eigenvalue weighted by Crippen LogP contribution is -2.35. The predicted molar refractivity (Wildman–Crippen MR) is 55.8 cm³/mol. The fourth-order valence-corrected chi connectivity index (χ4v) is 1.16. The minimum absolute atomic E-state index is 0.0693. The summed E-state index contributed by atoms with van der Waals surface area (Å²) < 4.78 is 0. The fraction of sp³-hybridized carbons (Fsp3) is 0.400. The van der Waals surface area contributed by atoms with Crippen LogP contribution in [0.4, 0.5) is 5.69 Å². The van der Waals surface area contributed by atoms with Crippen LogP contribution >= 0.6 is 0 Å². The van der Waals surface area contributed by atoms with Gasteiger partial charge in [-0.05, 0) is 12.1 Å². The quantitative estimate of drug-likeness (QED) is 0.573. The van der Waals surface area contributed by atoms with E-state index < -0.39 is 0 Å². The normalized spacial score (nSPS) is 10.5. The molecular formula is C10H16N2O2. The zero-order chi connectivity index (χ0) is 10.2. The van der Waals surface area contributed by atoms with Crippen molar-refractivity contribution in [1.29, 1.82) is 0 Å². The van der Waals surface area contributed by atoms with Crippen LogP contribution in [0.1, 0.15) is 0 Å². The molecule has 3 N–H and O–H groups in total. The summed E-state index contributed by atoms with van der Waals surface area (Å²) in [5.41, 5.74) is 4.05. The first-order chi connectivity index (χ1) is 6.86. The molecule has 1 aromatic rings. The van der Waals surface area contributed by atoms with Crippen LogP contribution in [0.2, 0.25) is 0 Å². The van der Waals surface area contributed by atoms with Crippen molar-refractivity contribution in [3.05, 3.63) is 30.3 Å². The van der Waals surface area contributed by atoms with Gasteiger partial charge >= 0.3 is 0 Å². The molecule has 0 unspecified atom stereocenters. The summed E-state index contributed by atoms with van der Waals surface area (Å²) in [6.45, 7) is 1.13. The largest absolute Gasteiger partial charge is 0.395 e. The van der Waals surface area contributed by atoms with Gasteiger partial charge in [0.1, 0.15) is 0 Å². The molecule has 0 saturated carbocycles. The van der Waals surface area contributed by atoms with Crippen LogP contribution in [-0.2, 0) is 0 Å². The maximum atomic E-state index is 8.78. The Morgan fingerprint density at radius 2 is 1.57 bits per heavy atom. The van der Waals surface area contributed by atoms with E-state index in [2.05, 4.69) is 5.43 Å². The second-order valence-corrected chi connectivity index (χ2v) is 2.91. The Labute approximate surface area is 83.8 Å². The van der Waals surface area contributed by atoms with Crippen molar-refractivity contribution in [3.63, 3.8) is 0 Å². The highest BCUT2D eigenvalue weighted by Crippen LogP contribution is 2.05. The number of nitrogens with zero attached hydrogens (tertiary/aromatic N) is 1. The molecule has 0 bridgehead atoms. The lowest BCUT2D eigenvalue weighted by atomic mass is 10.3. The number of para-hydroxylation sites is 1. The minimum atomic E-state index is 0.0693. The first-order valence-electron chi connectivity index (χ1n) is 4.65. The van der Waals surface area contributed by atoms with Crippen LogP contribution in [0, 0.1) is 0 Å². The van der Waals surface area contributed by atoms with Gasteiger partial charge in [-0.3, -0.25) is 0 Å². The molecule has 78 valence electrons. The molecule has 0 saturated heterocycles. The molecule has 0 spiro atoms. The maximum Gasteiger partial charge on any atom is 0.0576 e. The van der Waals surface area contributed by atoms with E-state index in [-0.39, 0.29) is 13.2 Å². The molecule has 0 amide bonds. The molecule has 4 heteroatoms. The third-order valence-corrected chi connectivity index (χ3v) is 1.80. The zero-order valence-corrected chi connectivity index (χ0v) is 8.06. The van der Waals surface area contributed by atoms with Gasteiger partial charge in [-0.25, -0.2) is 5.01 Å². The van der Waals surface area contributed by atoms with Gasteiger partial charge in [0.25, 0.3) is 0 Å². The van der Waals surface area contributed by atoms with Crippen molar-refractivity contribution in [1.82, 2.24) is 5.01 Å². The van der Waals surface area contributed by atoms with Crippen LogP contribution in [0.15, 0.2) is 30.3 Å². The monoisotopic (exact) mass is 196 g/mol. The predicted octanol–water partition coefficient (Wildman–Crippen LogP) is 0.300. The molecule has 0 aromatic heterocycles. The molecule has 4 nitrogen and oxygen atoms in total. The van der Waals surface area contributed by atoms with Gasteiger partial charge in [0.15, 0.2) is 0 Å². The SMILES string of the molecule is OCCN(CCO)Nc1ccccc1. The van der Waals surface area contributed by atoms with E-state index in [0.717, 1.165) is 5.69 Å². The summed E-state index contributed by atoms with van der Waals surface area (Å²) in [7, 11) is 0. The van der Waals surface area contributed by atoms with Gasteiger partial charge in [-0.15, -0.1) is 0 Å². The summed E-state index contributed by atoms with van der Waals surface area (Å²) in [6.07, 6.45) is 0. The van der Waals surface area contributed by atoms with E-state index in [9.17, 15) is 0 Å². The Bertz CT molecular complexity index is 235. The van der Waals surface area contributed by atoms with Gasteiger partial charge in [-0.2, -0.15) is 0 Å². The third-order valence-electron chi connectivity index (χ3n) is 1.80. The van der Waals surface area contributed by atoms with Crippen molar-refractivity contribution < 1.29 is 10.2 Å². The van der Waals surface area contributed by atoms with Crippen molar-refractivity contribution in [2.45, 2.75) is 0 Å². The molecular weight excluding hydrogens is 180 g/mol. The molecule has 0 heterocycles. The lowest BCUT2D eigenvalue weighted by molar-refractivity contribution is 0.183. The van der Waals surface area contributed by atoms with E-state index in [1.54, 1.807) is 5.01 Å². The van der Waals surface area contributed by atoms with Crippen LogP contribution in [-0.4, -0.2) is 41.5 Å². The Morgan fingerprint density at radius 3 is 2.07 bits per heavy atom. The standard InChI is InChI=1S/C10H16N2O2/c13-8-6-12(7-9-14)11-10-4-2-1-3-5-10/h1-5,11,13-14H,6-9H2. The van der Waals surface area contributed by atoms with Gasteiger partial charge in [0.2, 0.25) is 0 Å². The number of hydrazine groups is 1. The molecule has 0 fully saturated rings. The molecule has 0 radical (unpaired) electrons. The summed E-state index contributed by atoms with van der Waals surface area (Å²) in [5.74, 6) is 0. The lowest BCUT2D eigenvalue weighted by Gasteiger charge is -2.22. The van der Waals surface area contributed by atoms with E-state index >= 15 is 0 Å². The molecule has 1 rings (SSSR count). The number of hydrogen-bond donors (Lipinski definition) is 3. The van der Waals surface area contributed by atoms with Crippen molar-refractivity contribution in [2.75, 3.05) is 31.7 Å². The number of aliphatic hydroxyl groups is 2. The number of rotatable bonds is 6. The first-order valence-corrected chi connectivity index (χ1v) is 4.65.